The first-order valence-electron chi connectivity index (χ1n) is 9.12. The number of carbonyl (C=O) groups excluding carboxylic acids is 2. The zero-order valence-corrected chi connectivity index (χ0v) is 16.0. The van der Waals surface area contributed by atoms with Gasteiger partial charge in [0.05, 0.1) is 29.6 Å². The fourth-order valence-corrected chi connectivity index (χ4v) is 3.41. The number of hydrogen-bond donors (Lipinski definition) is 1. The summed E-state index contributed by atoms with van der Waals surface area (Å²) in [5.41, 5.74) is 7.13. The number of methoxy groups -OCH3 is 1. The highest BCUT2D eigenvalue weighted by atomic mass is 16.5. The zero-order valence-electron chi connectivity index (χ0n) is 16.0. The molecule has 2 aromatic rings. The van der Waals surface area contributed by atoms with Crippen molar-refractivity contribution < 1.29 is 14.3 Å². The number of nitriles is 1. The van der Waals surface area contributed by atoms with Crippen LogP contribution in [0.5, 0.6) is 0 Å². The highest BCUT2D eigenvalue weighted by Gasteiger charge is 2.27. The van der Waals surface area contributed by atoms with Crippen molar-refractivity contribution in [2.45, 2.75) is 6.92 Å². The van der Waals surface area contributed by atoms with E-state index in [4.69, 9.17) is 10.5 Å². The number of ether oxygens (including phenoxy) is 1. The molecule has 1 aromatic carbocycles. The third kappa shape index (κ3) is 3.44. The molecule has 0 aliphatic carbocycles. The number of benzene rings is 1. The van der Waals surface area contributed by atoms with Gasteiger partial charge >= 0.3 is 5.97 Å². The van der Waals surface area contributed by atoms with Gasteiger partial charge in [-0.05, 0) is 18.7 Å². The number of likely N-dealkylation sites (N-methyl/N-ethyl adjacent to an activating group) is 1. The van der Waals surface area contributed by atoms with Crippen molar-refractivity contribution in [1.29, 1.82) is 5.26 Å². The predicted molar refractivity (Wildman–Crippen MR) is 104 cm³/mol. The molecule has 1 aliphatic heterocycles. The molecule has 28 heavy (non-hydrogen) atoms. The number of nitrogen functional groups attached to an aromatic ring is 1. The first kappa shape index (κ1) is 19.5. The monoisotopic (exact) mass is 381 g/mol. The van der Waals surface area contributed by atoms with Crippen LogP contribution in [-0.2, 0) is 4.74 Å². The number of aromatic nitrogens is 1. The lowest BCUT2D eigenvalue weighted by Crippen LogP contribution is -2.48. The maximum Gasteiger partial charge on any atom is 0.357 e. The number of amides is 1. The summed E-state index contributed by atoms with van der Waals surface area (Å²) < 4.78 is 6.30. The third-order valence-corrected chi connectivity index (χ3v) is 5.04. The number of nitrogens with zero attached hydrogens (tertiary/aromatic N) is 4. The van der Waals surface area contributed by atoms with E-state index in [1.807, 2.05) is 6.07 Å². The summed E-state index contributed by atoms with van der Waals surface area (Å²) in [5.74, 6) is -0.786. The molecule has 0 radical (unpaired) electrons. The molecule has 0 bridgehead atoms. The van der Waals surface area contributed by atoms with Crippen molar-refractivity contribution in [3.8, 4) is 11.8 Å². The van der Waals surface area contributed by atoms with E-state index in [1.54, 1.807) is 29.2 Å². The summed E-state index contributed by atoms with van der Waals surface area (Å²) in [4.78, 5) is 29.6. The molecule has 1 amide bonds. The molecule has 1 fully saturated rings. The number of para-hydroxylation sites is 1. The van der Waals surface area contributed by atoms with Gasteiger partial charge in [0.25, 0.3) is 5.91 Å². The number of esters is 1. The summed E-state index contributed by atoms with van der Waals surface area (Å²) in [5, 5.41) is 9.31. The van der Waals surface area contributed by atoms with Crippen molar-refractivity contribution in [1.82, 2.24) is 14.4 Å². The van der Waals surface area contributed by atoms with E-state index in [9.17, 15) is 14.9 Å². The van der Waals surface area contributed by atoms with Crippen LogP contribution in [-0.4, -0.2) is 66.1 Å². The van der Waals surface area contributed by atoms with Crippen LogP contribution < -0.4 is 5.73 Å². The predicted octanol–water partition coefficient (Wildman–Crippen LogP) is 1.50. The van der Waals surface area contributed by atoms with Gasteiger partial charge in [0.2, 0.25) is 0 Å². The second kappa shape index (κ2) is 8.15. The Labute approximate surface area is 163 Å². The summed E-state index contributed by atoms with van der Waals surface area (Å²) >= 11 is 0. The summed E-state index contributed by atoms with van der Waals surface area (Å²) in [7, 11) is 1.25. The van der Waals surface area contributed by atoms with E-state index >= 15 is 0 Å². The molecule has 0 saturated carbocycles. The Morgan fingerprint density at radius 2 is 1.89 bits per heavy atom. The number of hydrogen-bond acceptors (Lipinski definition) is 6. The third-order valence-electron chi connectivity index (χ3n) is 5.04. The van der Waals surface area contributed by atoms with Crippen molar-refractivity contribution in [3.63, 3.8) is 0 Å². The van der Waals surface area contributed by atoms with Gasteiger partial charge in [0.1, 0.15) is 6.07 Å². The summed E-state index contributed by atoms with van der Waals surface area (Å²) in [6.07, 6.45) is 1.46. The Balaban J connectivity index is 2.03. The zero-order chi connectivity index (χ0) is 20.3. The lowest BCUT2D eigenvalue weighted by Gasteiger charge is -2.34. The average molecular weight is 381 g/mol. The van der Waals surface area contributed by atoms with E-state index in [2.05, 4.69) is 11.8 Å². The molecule has 8 heteroatoms. The minimum atomic E-state index is -0.669. The fourth-order valence-electron chi connectivity index (χ4n) is 3.41. The van der Waals surface area contributed by atoms with Gasteiger partial charge < -0.3 is 24.8 Å². The van der Waals surface area contributed by atoms with E-state index in [-0.39, 0.29) is 22.9 Å². The van der Waals surface area contributed by atoms with Crippen LogP contribution in [0.15, 0.2) is 30.5 Å². The molecule has 146 valence electrons. The van der Waals surface area contributed by atoms with E-state index in [0.717, 1.165) is 19.6 Å². The fraction of sp³-hybridized carbons (Fsp3) is 0.350. The Hall–Kier alpha value is -3.31. The largest absolute Gasteiger partial charge is 0.464 e. The van der Waals surface area contributed by atoms with Crippen molar-refractivity contribution in [3.05, 3.63) is 47.3 Å². The lowest BCUT2D eigenvalue weighted by molar-refractivity contribution is 0.0590. The number of nitrogens with two attached hydrogens (primary N) is 1. The quantitative estimate of drug-likeness (QED) is 0.805. The molecule has 0 spiro atoms. The van der Waals surface area contributed by atoms with Crippen LogP contribution in [0.25, 0.3) is 5.69 Å². The van der Waals surface area contributed by atoms with Crippen LogP contribution in [0.2, 0.25) is 0 Å². The van der Waals surface area contributed by atoms with Crippen LogP contribution in [0.4, 0.5) is 5.69 Å². The van der Waals surface area contributed by atoms with Crippen molar-refractivity contribution >= 4 is 17.6 Å². The highest BCUT2D eigenvalue weighted by Crippen LogP contribution is 2.27. The second-order valence-corrected chi connectivity index (χ2v) is 6.52. The summed E-state index contributed by atoms with van der Waals surface area (Å²) in [6.45, 7) is 6.00. The Kier molecular flexibility index (Phi) is 5.66. The molecule has 2 N–H and O–H groups in total. The van der Waals surface area contributed by atoms with Gasteiger partial charge in [-0.15, -0.1) is 0 Å². The van der Waals surface area contributed by atoms with Crippen LogP contribution in [0, 0.1) is 11.3 Å². The van der Waals surface area contributed by atoms with Crippen molar-refractivity contribution in [2.75, 3.05) is 45.6 Å². The van der Waals surface area contributed by atoms with Gasteiger partial charge in [0.15, 0.2) is 5.69 Å². The van der Waals surface area contributed by atoms with Gasteiger partial charge in [-0.25, -0.2) is 4.79 Å². The minimum Gasteiger partial charge on any atom is -0.464 e. The summed E-state index contributed by atoms with van der Waals surface area (Å²) in [6, 6.07) is 8.95. The van der Waals surface area contributed by atoms with Crippen molar-refractivity contribution in [2.24, 2.45) is 0 Å². The molecule has 1 aliphatic rings. The first-order valence-corrected chi connectivity index (χ1v) is 9.12. The van der Waals surface area contributed by atoms with Crippen LogP contribution >= 0.6 is 0 Å². The number of rotatable bonds is 4. The highest BCUT2D eigenvalue weighted by molar-refractivity contribution is 6.00. The van der Waals surface area contributed by atoms with Gasteiger partial charge in [0, 0.05) is 32.4 Å². The molecular formula is C20H23N5O3. The number of carbonyl (C=O) groups is 2. The number of piperazine rings is 1. The van der Waals surface area contributed by atoms with E-state index in [0.29, 0.717) is 24.3 Å². The SMILES string of the molecule is CCN1CCN(C(=O)c2ccccc2-n2cc(C#N)c(N)c2C(=O)OC)CC1. The molecule has 2 heterocycles. The topological polar surface area (TPSA) is 105 Å². The van der Waals surface area contributed by atoms with Crippen LogP contribution in [0.3, 0.4) is 0 Å². The minimum absolute atomic E-state index is 0.0353. The molecule has 1 saturated heterocycles. The normalized spacial score (nSPS) is 14.5. The molecule has 1 aromatic heterocycles. The number of anilines is 1. The molecule has 8 nitrogen and oxygen atoms in total. The Morgan fingerprint density at radius 3 is 2.50 bits per heavy atom. The van der Waals surface area contributed by atoms with Crippen LogP contribution in [0.1, 0.15) is 33.3 Å². The second-order valence-electron chi connectivity index (χ2n) is 6.52. The smallest absolute Gasteiger partial charge is 0.357 e. The Bertz CT molecular complexity index is 936. The molecule has 0 unspecified atom stereocenters. The van der Waals surface area contributed by atoms with Gasteiger partial charge in [-0.2, -0.15) is 5.26 Å². The molecule has 0 atom stereocenters. The average Bonchev–Trinajstić information content (AvgIpc) is 3.08. The molecular weight excluding hydrogens is 358 g/mol. The first-order chi connectivity index (χ1) is 13.5. The van der Waals surface area contributed by atoms with Gasteiger partial charge in [-0.3, -0.25) is 4.79 Å². The maximum absolute atomic E-state index is 13.2. The van der Waals surface area contributed by atoms with E-state index in [1.165, 1.54) is 17.9 Å². The standard InChI is InChI=1S/C20H23N5O3/c1-3-23-8-10-24(11-9-23)19(26)15-6-4-5-7-16(15)25-13-14(12-21)17(22)18(25)20(27)28-2/h4-7,13H,3,8-11,22H2,1-2H3. The molecule has 3 rings (SSSR count). The Morgan fingerprint density at radius 1 is 1.21 bits per heavy atom. The van der Waals surface area contributed by atoms with E-state index < -0.39 is 5.97 Å². The maximum atomic E-state index is 13.2. The lowest BCUT2D eigenvalue weighted by atomic mass is 10.1. The van der Waals surface area contributed by atoms with Gasteiger partial charge in [-0.1, -0.05) is 19.1 Å².